The van der Waals surface area contributed by atoms with Crippen molar-refractivity contribution in [3.05, 3.63) is 66.0 Å². The molecule has 25 heavy (non-hydrogen) atoms. The maximum absolute atomic E-state index is 12.2. The van der Waals surface area contributed by atoms with Gasteiger partial charge in [-0.1, -0.05) is 36.4 Å². The van der Waals surface area contributed by atoms with Gasteiger partial charge >= 0.3 is 6.03 Å². The van der Waals surface area contributed by atoms with Crippen LogP contribution < -0.4 is 5.32 Å². The number of carbonyl (C=O) groups excluding carboxylic acids is 1. The minimum atomic E-state index is -0.0428. The number of hydrogen-bond acceptors (Lipinski definition) is 2. The Hall–Kier alpha value is -2.82. The van der Waals surface area contributed by atoms with Crippen LogP contribution in [0.5, 0.6) is 0 Å². The van der Waals surface area contributed by atoms with Crippen molar-refractivity contribution in [2.24, 2.45) is 0 Å². The largest absolute Gasteiger partial charge is 0.338 e. The fourth-order valence-corrected chi connectivity index (χ4v) is 2.88. The molecule has 0 fully saturated rings. The molecule has 0 saturated heterocycles. The van der Waals surface area contributed by atoms with E-state index >= 15 is 0 Å². The molecular weight excluding hydrogens is 312 g/mol. The monoisotopic (exact) mass is 336 g/mol. The zero-order valence-corrected chi connectivity index (χ0v) is 14.8. The van der Waals surface area contributed by atoms with Crippen LogP contribution in [0.2, 0.25) is 0 Å². The van der Waals surface area contributed by atoms with Crippen LogP contribution in [0.4, 0.5) is 4.79 Å². The molecule has 0 unspecified atom stereocenters. The number of para-hydroxylation sites is 2. The lowest BCUT2D eigenvalue weighted by Gasteiger charge is -2.19. The van der Waals surface area contributed by atoms with E-state index in [-0.39, 0.29) is 6.03 Å². The number of aromatic nitrogens is 2. The van der Waals surface area contributed by atoms with Gasteiger partial charge in [0.05, 0.1) is 17.4 Å². The van der Waals surface area contributed by atoms with Crippen molar-refractivity contribution >= 4 is 17.1 Å². The highest BCUT2D eigenvalue weighted by atomic mass is 16.2. The van der Waals surface area contributed by atoms with Crippen molar-refractivity contribution in [1.82, 2.24) is 19.8 Å². The first-order valence-corrected chi connectivity index (χ1v) is 8.58. The predicted octanol–water partition coefficient (Wildman–Crippen LogP) is 3.58. The molecule has 1 aromatic heterocycles. The van der Waals surface area contributed by atoms with Crippen LogP contribution in [0.15, 0.2) is 54.9 Å². The first kappa shape index (κ1) is 17.0. The van der Waals surface area contributed by atoms with E-state index in [4.69, 9.17) is 0 Å². The topological polar surface area (TPSA) is 50.2 Å². The van der Waals surface area contributed by atoms with E-state index in [9.17, 15) is 4.79 Å². The third kappa shape index (κ3) is 4.18. The molecule has 1 heterocycles. The fraction of sp³-hybridized carbons (Fsp3) is 0.300. The summed E-state index contributed by atoms with van der Waals surface area (Å²) in [4.78, 5) is 18.3. The highest BCUT2D eigenvalue weighted by molar-refractivity contribution is 5.75. The van der Waals surface area contributed by atoms with Crippen LogP contribution in [0, 0.1) is 6.92 Å². The van der Waals surface area contributed by atoms with Crippen molar-refractivity contribution in [2.45, 2.75) is 26.4 Å². The second-order valence-electron chi connectivity index (χ2n) is 6.29. The number of nitrogens with one attached hydrogen (secondary N) is 1. The van der Waals surface area contributed by atoms with Gasteiger partial charge in [-0.15, -0.1) is 0 Å². The van der Waals surface area contributed by atoms with Crippen LogP contribution in [-0.4, -0.2) is 34.1 Å². The summed E-state index contributed by atoms with van der Waals surface area (Å²) in [5.74, 6) is 0. The molecule has 0 bridgehead atoms. The number of urea groups is 1. The second-order valence-corrected chi connectivity index (χ2v) is 6.29. The number of benzene rings is 2. The van der Waals surface area contributed by atoms with Gasteiger partial charge in [-0.3, -0.25) is 0 Å². The molecule has 0 spiro atoms. The van der Waals surface area contributed by atoms with Gasteiger partial charge in [0.15, 0.2) is 0 Å². The minimum Gasteiger partial charge on any atom is -0.338 e. The molecular formula is C20H24N4O. The zero-order chi connectivity index (χ0) is 17.6. The first-order valence-electron chi connectivity index (χ1n) is 8.58. The average Bonchev–Trinajstić information content (AvgIpc) is 3.03. The predicted molar refractivity (Wildman–Crippen MR) is 100 cm³/mol. The Kier molecular flexibility index (Phi) is 5.33. The molecule has 1 N–H and O–H groups in total. The first-order chi connectivity index (χ1) is 12.1. The molecule has 2 amide bonds. The minimum absolute atomic E-state index is 0.0428. The second kappa shape index (κ2) is 7.83. The van der Waals surface area contributed by atoms with Crippen LogP contribution in [0.3, 0.4) is 0 Å². The summed E-state index contributed by atoms with van der Waals surface area (Å²) in [6.07, 6.45) is 2.72. The summed E-state index contributed by atoms with van der Waals surface area (Å²) in [6.45, 7) is 4.16. The SMILES string of the molecule is Cc1ccccc1CN(C)C(=O)NCCCn1cnc2ccccc21. The molecule has 3 rings (SSSR count). The van der Waals surface area contributed by atoms with E-state index in [1.807, 2.05) is 43.7 Å². The highest BCUT2D eigenvalue weighted by Gasteiger charge is 2.09. The van der Waals surface area contributed by atoms with Crippen molar-refractivity contribution in [3.63, 3.8) is 0 Å². The van der Waals surface area contributed by atoms with Gasteiger partial charge in [-0.25, -0.2) is 9.78 Å². The number of fused-ring (bicyclic) bond motifs is 1. The standard InChI is InChI=1S/C20H24N4O/c1-16-8-3-4-9-17(16)14-23(2)20(25)21-12-7-13-24-15-22-18-10-5-6-11-19(18)24/h3-6,8-11,15H,7,12-14H2,1-2H3,(H,21,25). The van der Waals surface area contributed by atoms with E-state index in [0.29, 0.717) is 13.1 Å². The van der Waals surface area contributed by atoms with Gasteiger partial charge in [0.25, 0.3) is 0 Å². The maximum atomic E-state index is 12.2. The zero-order valence-electron chi connectivity index (χ0n) is 14.8. The molecule has 0 radical (unpaired) electrons. The number of carbonyl (C=O) groups is 1. The van der Waals surface area contributed by atoms with Crippen molar-refractivity contribution in [2.75, 3.05) is 13.6 Å². The summed E-state index contributed by atoms with van der Waals surface area (Å²) < 4.78 is 2.12. The molecule has 0 atom stereocenters. The average molecular weight is 336 g/mol. The molecule has 5 nitrogen and oxygen atoms in total. The fourth-order valence-electron chi connectivity index (χ4n) is 2.88. The number of imidazole rings is 1. The smallest absolute Gasteiger partial charge is 0.317 e. The molecule has 3 aromatic rings. The Morgan fingerprint density at radius 3 is 2.76 bits per heavy atom. The highest BCUT2D eigenvalue weighted by Crippen LogP contribution is 2.12. The Morgan fingerprint density at radius 2 is 1.92 bits per heavy atom. The van der Waals surface area contributed by atoms with Crippen molar-refractivity contribution in [3.8, 4) is 0 Å². The maximum Gasteiger partial charge on any atom is 0.317 e. The Balaban J connectivity index is 1.45. The lowest BCUT2D eigenvalue weighted by molar-refractivity contribution is 0.206. The van der Waals surface area contributed by atoms with Gasteiger partial charge in [0.2, 0.25) is 0 Å². The lowest BCUT2D eigenvalue weighted by atomic mass is 10.1. The normalized spacial score (nSPS) is 10.8. The summed E-state index contributed by atoms with van der Waals surface area (Å²) in [5, 5.41) is 2.99. The molecule has 0 saturated carbocycles. The summed E-state index contributed by atoms with van der Waals surface area (Å²) in [5.41, 5.74) is 4.51. The van der Waals surface area contributed by atoms with Crippen molar-refractivity contribution < 1.29 is 4.79 Å². The van der Waals surface area contributed by atoms with Crippen LogP contribution >= 0.6 is 0 Å². The summed E-state index contributed by atoms with van der Waals surface area (Å²) >= 11 is 0. The molecule has 0 aliphatic carbocycles. The number of hydrogen-bond donors (Lipinski definition) is 1. The molecule has 5 heteroatoms. The third-order valence-corrected chi connectivity index (χ3v) is 4.39. The molecule has 2 aromatic carbocycles. The Morgan fingerprint density at radius 1 is 1.16 bits per heavy atom. The number of nitrogens with zero attached hydrogens (tertiary/aromatic N) is 3. The summed E-state index contributed by atoms with van der Waals surface area (Å²) in [7, 11) is 1.82. The van der Waals surface area contributed by atoms with Crippen LogP contribution in [0.25, 0.3) is 11.0 Å². The van der Waals surface area contributed by atoms with Gasteiger partial charge in [-0.2, -0.15) is 0 Å². The molecule has 130 valence electrons. The number of aryl methyl sites for hydroxylation is 2. The number of rotatable bonds is 6. The molecule has 0 aliphatic rings. The van der Waals surface area contributed by atoms with Gasteiger partial charge < -0.3 is 14.8 Å². The van der Waals surface area contributed by atoms with E-state index in [0.717, 1.165) is 24.0 Å². The quantitative estimate of drug-likeness (QED) is 0.700. The Bertz CT molecular complexity index is 856. The van der Waals surface area contributed by atoms with Crippen molar-refractivity contribution in [1.29, 1.82) is 0 Å². The van der Waals surface area contributed by atoms with E-state index < -0.39 is 0 Å². The van der Waals surface area contributed by atoms with E-state index in [1.165, 1.54) is 11.1 Å². The number of amides is 2. The van der Waals surface area contributed by atoms with E-state index in [1.54, 1.807) is 4.90 Å². The Labute approximate surface area is 148 Å². The third-order valence-electron chi connectivity index (χ3n) is 4.39. The van der Waals surface area contributed by atoms with Gasteiger partial charge in [0.1, 0.15) is 0 Å². The van der Waals surface area contributed by atoms with Crippen LogP contribution in [-0.2, 0) is 13.1 Å². The lowest BCUT2D eigenvalue weighted by Crippen LogP contribution is -2.37. The summed E-state index contributed by atoms with van der Waals surface area (Å²) in [6, 6.07) is 16.2. The van der Waals surface area contributed by atoms with Gasteiger partial charge in [-0.05, 0) is 36.6 Å². The van der Waals surface area contributed by atoms with Gasteiger partial charge in [0, 0.05) is 26.7 Å². The van der Waals surface area contributed by atoms with Crippen LogP contribution in [0.1, 0.15) is 17.5 Å². The van der Waals surface area contributed by atoms with E-state index in [2.05, 4.69) is 40.0 Å². The molecule has 0 aliphatic heterocycles.